The first kappa shape index (κ1) is 21.4. The quantitative estimate of drug-likeness (QED) is 0.770. The van der Waals surface area contributed by atoms with E-state index in [4.69, 9.17) is 0 Å². The second kappa shape index (κ2) is 9.22. The van der Waals surface area contributed by atoms with Crippen LogP contribution in [0.3, 0.4) is 0 Å². The summed E-state index contributed by atoms with van der Waals surface area (Å²) in [6.07, 6.45) is 14.8. The molecular weight excluding hydrogens is 402 g/mol. The fourth-order valence-corrected chi connectivity index (χ4v) is 5.90. The van der Waals surface area contributed by atoms with Crippen LogP contribution in [-0.2, 0) is 11.2 Å². The number of fused-ring (bicyclic) bond motifs is 1. The lowest BCUT2D eigenvalue weighted by molar-refractivity contribution is -0.120. The molecule has 0 spiro atoms. The molecule has 0 atom stereocenters. The van der Waals surface area contributed by atoms with Crippen LogP contribution in [0.1, 0.15) is 62.5 Å². The van der Waals surface area contributed by atoms with Crippen molar-refractivity contribution in [1.29, 1.82) is 0 Å². The van der Waals surface area contributed by atoms with Gasteiger partial charge in [-0.2, -0.15) is 5.10 Å². The molecule has 3 aliphatic rings. The van der Waals surface area contributed by atoms with E-state index in [2.05, 4.69) is 28.3 Å². The van der Waals surface area contributed by atoms with Crippen LogP contribution in [0.4, 0.5) is 10.5 Å². The molecule has 2 aromatic heterocycles. The number of nitrogens with one attached hydrogen (secondary N) is 1. The van der Waals surface area contributed by atoms with Crippen molar-refractivity contribution in [2.24, 2.45) is 11.8 Å². The molecule has 0 radical (unpaired) electrons. The molecule has 32 heavy (non-hydrogen) atoms. The fourth-order valence-electron chi connectivity index (χ4n) is 5.90. The first-order valence-corrected chi connectivity index (χ1v) is 12.4. The molecule has 3 amide bonds. The van der Waals surface area contributed by atoms with Crippen LogP contribution in [0, 0.1) is 18.8 Å². The summed E-state index contributed by atoms with van der Waals surface area (Å²) in [5.41, 5.74) is 4.30. The van der Waals surface area contributed by atoms with Crippen molar-refractivity contribution in [2.45, 2.75) is 64.7 Å². The number of anilines is 1. The molecule has 7 nitrogen and oxygen atoms in total. The lowest BCUT2D eigenvalue weighted by atomic mass is 9.86. The van der Waals surface area contributed by atoms with Crippen LogP contribution in [0.25, 0.3) is 5.52 Å². The molecular formula is C25H35N5O2. The van der Waals surface area contributed by atoms with Crippen LogP contribution in [0.15, 0.2) is 18.5 Å². The van der Waals surface area contributed by atoms with E-state index >= 15 is 0 Å². The predicted molar refractivity (Wildman–Crippen MR) is 125 cm³/mol. The standard InChI is InChI=1S/C25H35N5O2/c1-18-21(15-19-7-11-28(12-8-19)17-20-5-3-2-4-6-20)9-14-30-24(18)22(16-26-30)29-13-10-23(31)27-25(29)32/h9,14,16,19-20H,2-8,10-13,15,17H2,1H3,(H,27,31,32). The minimum absolute atomic E-state index is 0.213. The second-order valence-corrected chi connectivity index (χ2v) is 10.00. The van der Waals surface area contributed by atoms with Crippen molar-refractivity contribution in [2.75, 3.05) is 31.1 Å². The van der Waals surface area contributed by atoms with E-state index < -0.39 is 0 Å². The Morgan fingerprint density at radius 3 is 2.56 bits per heavy atom. The highest BCUT2D eigenvalue weighted by molar-refractivity contribution is 6.07. The molecule has 1 N–H and O–H groups in total. The zero-order valence-electron chi connectivity index (χ0n) is 19.2. The minimum Gasteiger partial charge on any atom is -0.303 e. The van der Waals surface area contributed by atoms with Crippen molar-refractivity contribution in [3.05, 3.63) is 29.6 Å². The minimum atomic E-state index is -0.355. The predicted octanol–water partition coefficient (Wildman–Crippen LogP) is 3.92. The summed E-state index contributed by atoms with van der Waals surface area (Å²) in [5, 5.41) is 6.89. The third kappa shape index (κ3) is 4.40. The SMILES string of the molecule is Cc1c(CC2CCN(CC3CCCCC3)CC2)ccn2ncc(N3CCC(=O)NC3=O)c12. The Balaban J connectivity index is 1.26. The van der Waals surface area contributed by atoms with Crippen LogP contribution >= 0.6 is 0 Å². The molecule has 0 aromatic carbocycles. The molecule has 172 valence electrons. The van der Waals surface area contributed by atoms with Gasteiger partial charge in [-0.05, 0) is 81.1 Å². The number of piperidine rings is 1. The third-order valence-electron chi connectivity index (χ3n) is 7.83. The summed E-state index contributed by atoms with van der Waals surface area (Å²) in [6, 6.07) is 1.83. The summed E-state index contributed by atoms with van der Waals surface area (Å²) in [6.45, 7) is 6.29. The van der Waals surface area contributed by atoms with Crippen LogP contribution in [0.2, 0.25) is 0 Å². The second-order valence-electron chi connectivity index (χ2n) is 10.00. The molecule has 4 heterocycles. The van der Waals surface area contributed by atoms with Crippen molar-refractivity contribution in [1.82, 2.24) is 19.8 Å². The molecule has 0 unspecified atom stereocenters. The number of pyridine rings is 1. The highest BCUT2D eigenvalue weighted by Crippen LogP contribution is 2.31. The number of urea groups is 1. The van der Waals surface area contributed by atoms with E-state index in [1.165, 1.54) is 75.7 Å². The van der Waals surface area contributed by atoms with Gasteiger partial charge in [-0.15, -0.1) is 0 Å². The van der Waals surface area contributed by atoms with Gasteiger partial charge >= 0.3 is 6.03 Å². The first-order valence-electron chi connectivity index (χ1n) is 12.4. The highest BCUT2D eigenvalue weighted by atomic mass is 16.2. The van der Waals surface area contributed by atoms with Crippen LogP contribution in [0.5, 0.6) is 0 Å². The smallest absolute Gasteiger partial charge is 0.303 e. The highest BCUT2D eigenvalue weighted by Gasteiger charge is 2.28. The van der Waals surface area contributed by atoms with E-state index in [1.54, 1.807) is 11.1 Å². The summed E-state index contributed by atoms with van der Waals surface area (Å²) in [7, 11) is 0. The maximum absolute atomic E-state index is 12.4. The summed E-state index contributed by atoms with van der Waals surface area (Å²) >= 11 is 0. The van der Waals surface area contributed by atoms with Gasteiger partial charge in [-0.1, -0.05) is 19.3 Å². The van der Waals surface area contributed by atoms with Crippen LogP contribution < -0.4 is 10.2 Å². The number of likely N-dealkylation sites (tertiary alicyclic amines) is 1. The number of hydrogen-bond donors (Lipinski definition) is 1. The molecule has 1 saturated carbocycles. The maximum Gasteiger partial charge on any atom is 0.328 e. The summed E-state index contributed by atoms with van der Waals surface area (Å²) in [5.74, 6) is 1.42. The Labute approximate surface area is 190 Å². The van der Waals surface area contributed by atoms with E-state index in [-0.39, 0.29) is 11.9 Å². The summed E-state index contributed by atoms with van der Waals surface area (Å²) in [4.78, 5) is 28.3. The molecule has 0 bridgehead atoms. The number of carbonyl (C=O) groups excluding carboxylic acids is 2. The van der Waals surface area contributed by atoms with Gasteiger partial charge in [0, 0.05) is 25.7 Å². The van der Waals surface area contributed by atoms with Gasteiger partial charge in [0.05, 0.1) is 17.4 Å². The zero-order chi connectivity index (χ0) is 22.1. The van der Waals surface area contributed by atoms with E-state index in [1.807, 2.05) is 10.7 Å². The lowest BCUT2D eigenvalue weighted by Crippen LogP contribution is -2.49. The number of nitrogens with zero attached hydrogens (tertiary/aromatic N) is 4. The monoisotopic (exact) mass is 437 g/mol. The Hall–Kier alpha value is -2.41. The molecule has 7 heteroatoms. The molecule has 2 aromatic rings. The zero-order valence-corrected chi connectivity index (χ0v) is 19.2. The Morgan fingerprint density at radius 1 is 1.03 bits per heavy atom. The van der Waals surface area contributed by atoms with Gasteiger partial charge in [-0.3, -0.25) is 15.0 Å². The number of aromatic nitrogens is 2. The average molecular weight is 438 g/mol. The number of rotatable bonds is 5. The van der Waals surface area contributed by atoms with Gasteiger partial charge in [0.15, 0.2) is 0 Å². The number of imide groups is 1. The number of carbonyl (C=O) groups is 2. The Morgan fingerprint density at radius 2 is 1.81 bits per heavy atom. The van der Waals surface area contributed by atoms with Crippen molar-refractivity contribution < 1.29 is 9.59 Å². The molecule has 3 fully saturated rings. The van der Waals surface area contributed by atoms with Gasteiger partial charge in [-0.25, -0.2) is 9.31 Å². The Kier molecular flexibility index (Phi) is 6.17. The first-order chi connectivity index (χ1) is 15.6. The molecule has 2 aliphatic heterocycles. The van der Waals surface area contributed by atoms with Gasteiger partial charge < -0.3 is 4.90 Å². The number of aryl methyl sites for hydroxylation is 1. The van der Waals surface area contributed by atoms with E-state index in [0.717, 1.165) is 23.5 Å². The molecule has 1 aliphatic carbocycles. The lowest BCUT2D eigenvalue weighted by Gasteiger charge is -2.35. The van der Waals surface area contributed by atoms with Gasteiger partial charge in [0.1, 0.15) is 0 Å². The average Bonchev–Trinajstić information content (AvgIpc) is 3.22. The van der Waals surface area contributed by atoms with Gasteiger partial charge in [0.2, 0.25) is 5.91 Å². The third-order valence-corrected chi connectivity index (χ3v) is 7.83. The van der Waals surface area contributed by atoms with E-state index in [0.29, 0.717) is 18.9 Å². The number of amides is 3. The van der Waals surface area contributed by atoms with Crippen molar-refractivity contribution in [3.63, 3.8) is 0 Å². The van der Waals surface area contributed by atoms with Crippen LogP contribution in [-0.4, -0.2) is 52.6 Å². The normalized spacial score (nSPS) is 22.0. The Bertz CT molecular complexity index is 986. The summed E-state index contributed by atoms with van der Waals surface area (Å²) < 4.78 is 1.85. The molecule has 5 rings (SSSR count). The van der Waals surface area contributed by atoms with E-state index in [9.17, 15) is 9.59 Å². The van der Waals surface area contributed by atoms with Crippen molar-refractivity contribution in [3.8, 4) is 0 Å². The largest absolute Gasteiger partial charge is 0.328 e. The van der Waals surface area contributed by atoms with Crippen molar-refractivity contribution >= 4 is 23.1 Å². The fraction of sp³-hybridized carbons (Fsp3) is 0.640. The number of hydrogen-bond acceptors (Lipinski definition) is 4. The molecule has 2 saturated heterocycles. The van der Waals surface area contributed by atoms with Gasteiger partial charge in [0.25, 0.3) is 0 Å². The topological polar surface area (TPSA) is 70.0 Å². The maximum atomic E-state index is 12.4.